The smallest absolute Gasteiger partial charge is 0.124 e. The van der Waals surface area contributed by atoms with Gasteiger partial charge in [0.15, 0.2) is 0 Å². The van der Waals surface area contributed by atoms with E-state index in [1.807, 2.05) is 18.4 Å². The van der Waals surface area contributed by atoms with Gasteiger partial charge in [-0.05, 0) is 36.1 Å². The molecule has 0 fully saturated rings. The molecule has 2 rings (SSSR count). The Labute approximate surface area is 91.6 Å². The third-order valence-electron chi connectivity index (χ3n) is 2.01. The van der Waals surface area contributed by atoms with Crippen molar-refractivity contribution in [3.8, 4) is 16.9 Å². The highest BCUT2D eigenvalue weighted by atomic mass is 35.5. The van der Waals surface area contributed by atoms with Gasteiger partial charge in [0.1, 0.15) is 5.75 Å². The van der Waals surface area contributed by atoms with Crippen molar-refractivity contribution < 1.29 is 5.11 Å². The number of phenols is 1. The van der Waals surface area contributed by atoms with Gasteiger partial charge in [-0.1, -0.05) is 17.7 Å². The van der Waals surface area contributed by atoms with Gasteiger partial charge >= 0.3 is 0 Å². The standard InChI is InChI=1S/C11H9ClOS/c1-7-5-8(6-14-7)11-9(12)3-2-4-10(11)13/h2-6,13H,1H3. The van der Waals surface area contributed by atoms with Crippen molar-refractivity contribution in [2.75, 3.05) is 0 Å². The fourth-order valence-electron chi connectivity index (χ4n) is 1.37. The van der Waals surface area contributed by atoms with E-state index in [9.17, 15) is 5.11 Å². The number of hydrogen-bond donors (Lipinski definition) is 1. The molecule has 0 atom stereocenters. The Morgan fingerprint density at radius 3 is 2.71 bits per heavy atom. The Balaban J connectivity index is 2.61. The Bertz CT molecular complexity index is 442. The molecule has 1 N–H and O–H groups in total. The molecule has 0 bridgehead atoms. The minimum atomic E-state index is 0.232. The SMILES string of the molecule is Cc1cc(-c2c(O)cccc2Cl)cs1. The molecule has 1 nitrogen and oxygen atoms in total. The number of hydrogen-bond acceptors (Lipinski definition) is 2. The molecule has 72 valence electrons. The van der Waals surface area contributed by atoms with E-state index in [-0.39, 0.29) is 5.75 Å². The fourth-order valence-corrected chi connectivity index (χ4v) is 2.35. The molecule has 1 aromatic heterocycles. The average Bonchev–Trinajstić information content (AvgIpc) is 2.51. The first kappa shape index (κ1) is 9.56. The highest BCUT2D eigenvalue weighted by molar-refractivity contribution is 7.10. The van der Waals surface area contributed by atoms with Gasteiger partial charge in [0.2, 0.25) is 0 Å². The zero-order valence-corrected chi connectivity index (χ0v) is 9.19. The van der Waals surface area contributed by atoms with Crippen LogP contribution in [0.15, 0.2) is 29.6 Å². The molecule has 2 aromatic rings. The number of phenolic OH excluding ortho intramolecular Hbond substituents is 1. The van der Waals surface area contributed by atoms with Crippen LogP contribution in [0.3, 0.4) is 0 Å². The van der Waals surface area contributed by atoms with Crippen LogP contribution in [0.25, 0.3) is 11.1 Å². The number of halogens is 1. The van der Waals surface area contributed by atoms with Crippen molar-refractivity contribution in [3.05, 3.63) is 39.5 Å². The number of aryl methyl sites for hydroxylation is 1. The summed E-state index contributed by atoms with van der Waals surface area (Å²) in [5.41, 5.74) is 1.70. The van der Waals surface area contributed by atoms with Gasteiger partial charge in [-0.3, -0.25) is 0 Å². The first-order chi connectivity index (χ1) is 6.68. The Kier molecular flexibility index (Phi) is 2.48. The summed E-state index contributed by atoms with van der Waals surface area (Å²) >= 11 is 7.66. The number of thiophene rings is 1. The van der Waals surface area contributed by atoms with Crippen molar-refractivity contribution in [1.29, 1.82) is 0 Å². The molecular formula is C11H9ClOS. The van der Waals surface area contributed by atoms with E-state index in [2.05, 4.69) is 0 Å². The largest absolute Gasteiger partial charge is 0.507 e. The Hall–Kier alpha value is -0.990. The lowest BCUT2D eigenvalue weighted by Gasteiger charge is -2.03. The average molecular weight is 225 g/mol. The molecule has 14 heavy (non-hydrogen) atoms. The van der Waals surface area contributed by atoms with Crippen LogP contribution in [0.5, 0.6) is 5.75 Å². The molecule has 0 aliphatic heterocycles. The van der Waals surface area contributed by atoms with Crippen LogP contribution >= 0.6 is 22.9 Å². The van der Waals surface area contributed by atoms with Crippen LogP contribution < -0.4 is 0 Å². The van der Waals surface area contributed by atoms with Crippen molar-refractivity contribution >= 4 is 22.9 Å². The van der Waals surface area contributed by atoms with E-state index in [0.29, 0.717) is 5.02 Å². The number of rotatable bonds is 1. The molecular weight excluding hydrogens is 216 g/mol. The molecule has 0 amide bonds. The Morgan fingerprint density at radius 1 is 1.36 bits per heavy atom. The molecule has 0 unspecified atom stereocenters. The molecule has 0 radical (unpaired) electrons. The van der Waals surface area contributed by atoms with Gasteiger partial charge in [-0.15, -0.1) is 11.3 Å². The fraction of sp³-hybridized carbons (Fsp3) is 0.0909. The Morgan fingerprint density at radius 2 is 2.14 bits per heavy atom. The lowest BCUT2D eigenvalue weighted by Crippen LogP contribution is -1.77. The minimum absolute atomic E-state index is 0.232. The highest BCUT2D eigenvalue weighted by Gasteiger charge is 2.09. The molecule has 0 aliphatic rings. The molecule has 0 saturated heterocycles. The first-order valence-corrected chi connectivity index (χ1v) is 5.47. The van der Waals surface area contributed by atoms with Crippen LogP contribution in [0.2, 0.25) is 5.02 Å². The monoisotopic (exact) mass is 224 g/mol. The zero-order valence-electron chi connectivity index (χ0n) is 7.62. The number of benzene rings is 1. The van der Waals surface area contributed by atoms with E-state index in [1.165, 1.54) is 4.88 Å². The third-order valence-corrected chi connectivity index (χ3v) is 3.19. The summed E-state index contributed by atoms with van der Waals surface area (Å²) in [6.07, 6.45) is 0. The lowest BCUT2D eigenvalue weighted by atomic mass is 10.1. The van der Waals surface area contributed by atoms with Gasteiger partial charge in [0.25, 0.3) is 0 Å². The lowest BCUT2D eigenvalue weighted by molar-refractivity contribution is 0.477. The summed E-state index contributed by atoms with van der Waals surface area (Å²) in [4.78, 5) is 1.21. The van der Waals surface area contributed by atoms with E-state index >= 15 is 0 Å². The first-order valence-electron chi connectivity index (χ1n) is 4.21. The van der Waals surface area contributed by atoms with Gasteiger partial charge < -0.3 is 5.11 Å². The predicted octanol–water partition coefficient (Wildman–Crippen LogP) is 4.08. The van der Waals surface area contributed by atoms with Gasteiger partial charge in [-0.2, -0.15) is 0 Å². The van der Waals surface area contributed by atoms with E-state index in [0.717, 1.165) is 11.1 Å². The van der Waals surface area contributed by atoms with Crippen molar-refractivity contribution in [3.63, 3.8) is 0 Å². The highest BCUT2D eigenvalue weighted by Crippen LogP contribution is 2.37. The van der Waals surface area contributed by atoms with Crippen LogP contribution in [0.4, 0.5) is 0 Å². The third kappa shape index (κ3) is 1.63. The zero-order chi connectivity index (χ0) is 10.1. The van der Waals surface area contributed by atoms with Crippen molar-refractivity contribution in [2.45, 2.75) is 6.92 Å². The van der Waals surface area contributed by atoms with Crippen LogP contribution in [-0.2, 0) is 0 Å². The topological polar surface area (TPSA) is 20.2 Å². The second-order valence-electron chi connectivity index (χ2n) is 3.08. The van der Waals surface area contributed by atoms with Gasteiger partial charge in [-0.25, -0.2) is 0 Å². The van der Waals surface area contributed by atoms with Crippen LogP contribution in [0, 0.1) is 6.92 Å². The summed E-state index contributed by atoms with van der Waals surface area (Å²) in [6, 6.07) is 7.18. The molecule has 3 heteroatoms. The molecule has 0 saturated carbocycles. The normalized spacial score (nSPS) is 10.4. The maximum Gasteiger partial charge on any atom is 0.124 e. The van der Waals surface area contributed by atoms with Gasteiger partial charge in [0.05, 0.1) is 5.02 Å². The maximum absolute atomic E-state index is 9.67. The molecule has 1 aromatic carbocycles. The molecule has 0 aliphatic carbocycles. The van der Waals surface area contributed by atoms with Crippen LogP contribution in [0.1, 0.15) is 4.88 Å². The summed E-state index contributed by atoms with van der Waals surface area (Å²) in [6.45, 7) is 2.03. The summed E-state index contributed by atoms with van der Waals surface area (Å²) in [7, 11) is 0. The van der Waals surface area contributed by atoms with Crippen molar-refractivity contribution in [1.82, 2.24) is 0 Å². The van der Waals surface area contributed by atoms with Crippen LogP contribution in [-0.4, -0.2) is 5.11 Å². The number of aromatic hydroxyl groups is 1. The predicted molar refractivity (Wildman–Crippen MR) is 61.2 cm³/mol. The summed E-state index contributed by atoms with van der Waals surface area (Å²) < 4.78 is 0. The summed E-state index contributed by atoms with van der Waals surface area (Å²) in [5.74, 6) is 0.232. The summed E-state index contributed by atoms with van der Waals surface area (Å²) in [5, 5.41) is 12.3. The molecule has 0 spiro atoms. The second kappa shape index (κ2) is 3.64. The van der Waals surface area contributed by atoms with Gasteiger partial charge in [0, 0.05) is 10.4 Å². The molecule has 1 heterocycles. The second-order valence-corrected chi connectivity index (χ2v) is 4.60. The van der Waals surface area contributed by atoms with E-state index < -0.39 is 0 Å². The maximum atomic E-state index is 9.67. The minimum Gasteiger partial charge on any atom is -0.507 e. The van der Waals surface area contributed by atoms with E-state index in [1.54, 1.807) is 29.5 Å². The quantitative estimate of drug-likeness (QED) is 0.774. The van der Waals surface area contributed by atoms with E-state index in [4.69, 9.17) is 11.6 Å². The van der Waals surface area contributed by atoms with Crippen molar-refractivity contribution in [2.24, 2.45) is 0 Å².